The van der Waals surface area contributed by atoms with Crippen molar-refractivity contribution in [2.24, 2.45) is 0 Å². The fourth-order valence-electron chi connectivity index (χ4n) is 1.60. The molecule has 18 heavy (non-hydrogen) atoms. The van der Waals surface area contributed by atoms with E-state index < -0.39 is 0 Å². The Bertz CT molecular complexity index is 630. The Balaban J connectivity index is 2.36. The van der Waals surface area contributed by atoms with Crippen LogP contribution in [0.25, 0.3) is 0 Å². The third kappa shape index (κ3) is 2.92. The number of hydrogen-bond acceptors (Lipinski definition) is 2. The Hall–Kier alpha value is -1.31. The largest absolute Gasteiger partial charge is 0.354 e. The van der Waals surface area contributed by atoms with E-state index in [0.29, 0.717) is 5.56 Å². The number of nitrogens with zero attached hydrogens (tertiary/aromatic N) is 1. The van der Waals surface area contributed by atoms with Crippen molar-refractivity contribution in [2.45, 2.75) is 6.92 Å². The van der Waals surface area contributed by atoms with Crippen molar-refractivity contribution in [3.8, 4) is 6.07 Å². The molecule has 0 unspecified atom stereocenters. The van der Waals surface area contributed by atoms with Gasteiger partial charge in [-0.3, -0.25) is 0 Å². The van der Waals surface area contributed by atoms with Crippen molar-refractivity contribution in [2.75, 3.05) is 5.32 Å². The lowest BCUT2D eigenvalue weighted by molar-refractivity contribution is 1.40. The molecule has 0 saturated heterocycles. The first kappa shape index (κ1) is 13.1. The highest BCUT2D eigenvalue weighted by Gasteiger charge is 2.04. The number of hydrogen-bond donors (Lipinski definition) is 1. The van der Waals surface area contributed by atoms with Gasteiger partial charge in [-0.2, -0.15) is 5.26 Å². The Labute approximate surface area is 123 Å². The molecule has 2 aromatic rings. The molecule has 2 rings (SSSR count). The van der Waals surface area contributed by atoms with E-state index in [2.05, 4.69) is 43.2 Å². The van der Waals surface area contributed by atoms with Crippen molar-refractivity contribution in [3.05, 3.63) is 56.5 Å². The zero-order valence-corrected chi connectivity index (χ0v) is 12.8. The Morgan fingerprint density at radius 3 is 2.56 bits per heavy atom. The highest BCUT2D eigenvalue weighted by Crippen LogP contribution is 2.26. The van der Waals surface area contributed by atoms with E-state index >= 15 is 0 Å². The van der Waals surface area contributed by atoms with E-state index in [-0.39, 0.29) is 0 Å². The molecule has 0 atom stereocenters. The van der Waals surface area contributed by atoms with E-state index in [1.807, 2.05) is 37.3 Å². The molecule has 0 radical (unpaired) electrons. The highest BCUT2D eigenvalue weighted by molar-refractivity contribution is 9.10. The number of halogens is 2. The van der Waals surface area contributed by atoms with Gasteiger partial charge in [-0.25, -0.2) is 0 Å². The van der Waals surface area contributed by atoms with Crippen molar-refractivity contribution in [3.63, 3.8) is 0 Å². The zero-order chi connectivity index (χ0) is 13.1. The van der Waals surface area contributed by atoms with Crippen molar-refractivity contribution in [1.82, 2.24) is 0 Å². The lowest BCUT2D eigenvalue weighted by Gasteiger charge is -2.10. The van der Waals surface area contributed by atoms with Crippen LogP contribution in [0, 0.1) is 18.3 Å². The molecule has 0 fully saturated rings. The summed E-state index contributed by atoms with van der Waals surface area (Å²) >= 11 is 6.87. The molecule has 0 amide bonds. The first-order chi connectivity index (χ1) is 8.60. The molecule has 1 N–H and O–H groups in total. The van der Waals surface area contributed by atoms with Crippen LogP contribution in [0.4, 0.5) is 11.4 Å². The van der Waals surface area contributed by atoms with Gasteiger partial charge in [0.2, 0.25) is 0 Å². The summed E-state index contributed by atoms with van der Waals surface area (Å²) in [5.74, 6) is 0. The minimum absolute atomic E-state index is 0.624. The van der Waals surface area contributed by atoms with Crippen LogP contribution in [-0.2, 0) is 0 Å². The van der Waals surface area contributed by atoms with Crippen LogP contribution >= 0.6 is 31.9 Å². The van der Waals surface area contributed by atoms with Crippen LogP contribution in [0.1, 0.15) is 11.1 Å². The van der Waals surface area contributed by atoms with Gasteiger partial charge in [0.1, 0.15) is 6.07 Å². The molecule has 2 aromatic carbocycles. The fourth-order valence-corrected chi connectivity index (χ4v) is 2.20. The summed E-state index contributed by atoms with van der Waals surface area (Å²) in [4.78, 5) is 0. The van der Waals surface area contributed by atoms with E-state index in [1.165, 1.54) is 0 Å². The summed E-state index contributed by atoms with van der Waals surface area (Å²) < 4.78 is 2.01. The molecule has 0 heterocycles. The summed E-state index contributed by atoms with van der Waals surface area (Å²) in [5.41, 5.74) is 3.53. The lowest BCUT2D eigenvalue weighted by atomic mass is 10.1. The van der Waals surface area contributed by atoms with Gasteiger partial charge in [0.15, 0.2) is 0 Å². The Morgan fingerprint density at radius 1 is 1.11 bits per heavy atom. The van der Waals surface area contributed by atoms with Gasteiger partial charge in [-0.1, -0.05) is 31.9 Å². The summed E-state index contributed by atoms with van der Waals surface area (Å²) in [6.07, 6.45) is 0. The molecular formula is C14H10Br2N2. The van der Waals surface area contributed by atoms with Crippen LogP contribution in [0.15, 0.2) is 45.3 Å². The van der Waals surface area contributed by atoms with E-state index in [4.69, 9.17) is 5.26 Å². The van der Waals surface area contributed by atoms with Crippen molar-refractivity contribution < 1.29 is 0 Å². The van der Waals surface area contributed by atoms with E-state index in [9.17, 15) is 0 Å². The number of nitriles is 1. The summed E-state index contributed by atoms with van der Waals surface area (Å²) in [6, 6.07) is 13.7. The molecule has 0 aromatic heterocycles. The first-order valence-electron chi connectivity index (χ1n) is 5.33. The summed E-state index contributed by atoms with van der Waals surface area (Å²) in [6.45, 7) is 2.03. The Morgan fingerprint density at radius 2 is 1.89 bits per heavy atom. The molecule has 0 aliphatic carbocycles. The number of benzene rings is 2. The highest BCUT2D eigenvalue weighted by atomic mass is 79.9. The van der Waals surface area contributed by atoms with Gasteiger partial charge >= 0.3 is 0 Å². The number of anilines is 2. The maximum atomic E-state index is 9.07. The monoisotopic (exact) mass is 364 g/mol. The van der Waals surface area contributed by atoms with Gasteiger partial charge in [-0.15, -0.1) is 0 Å². The Kier molecular flexibility index (Phi) is 4.05. The van der Waals surface area contributed by atoms with Gasteiger partial charge in [0.25, 0.3) is 0 Å². The molecule has 0 spiro atoms. The average Bonchev–Trinajstić information content (AvgIpc) is 2.34. The molecule has 0 saturated carbocycles. The normalized spacial score (nSPS) is 9.89. The number of nitrogens with one attached hydrogen (secondary N) is 1. The lowest BCUT2D eigenvalue weighted by Crippen LogP contribution is -1.94. The number of aryl methyl sites for hydroxylation is 1. The maximum Gasteiger partial charge on any atom is 0.101 e. The fraction of sp³-hybridized carbons (Fsp3) is 0.0714. The molecule has 2 nitrogen and oxygen atoms in total. The SMILES string of the molecule is Cc1cc(Nc2cc(Br)ccc2C#N)ccc1Br. The number of rotatable bonds is 2. The van der Waals surface area contributed by atoms with Crippen LogP contribution in [0.5, 0.6) is 0 Å². The molecule has 0 bridgehead atoms. The first-order valence-corrected chi connectivity index (χ1v) is 6.91. The second-order valence-corrected chi connectivity index (χ2v) is 5.66. The second kappa shape index (κ2) is 5.55. The smallest absolute Gasteiger partial charge is 0.101 e. The molecular weight excluding hydrogens is 356 g/mol. The zero-order valence-electron chi connectivity index (χ0n) is 9.67. The van der Waals surface area contributed by atoms with Crippen molar-refractivity contribution >= 4 is 43.2 Å². The third-order valence-electron chi connectivity index (χ3n) is 2.54. The molecule has 90 valence electrons. The standard InChI is InChI=1S/C14H10Br2N2/c1-9-6-12(4-5-13(9)16)18-14-7-11(15)3-2-10(14)8-17/h2-7,18H,1H3. The van der Waals surface area contributed by atoms with Crippen molar-refractivity contribution in [1.29, 1.82) is 5.26 Å². The van der Waals surface area contributed by atoms with Gasteiger partial charge < -0.3 is 5.32 Å². The predicted octanol–water partition coefficient (Wildman–Crippen LogP) is 5.14. The minimum Gasteiger partial charge on any atom is -0.354 e. The minimum atomic E-state index is 0.624. The summed E-state index contributed by atoms with van der Waals surface area (Å²) in [5, 5.41) is 12.3. The average molecular weight is 366 g/mol. The molecule has 0 aliphatic rings. The summed E-state index contributed by atoms with van der Waals surface area (Å²) in [7, 11) is 0. The topological polar surface area (TPSA) is 35.8 Å². The van der Waals surface area contributed by atoms with Crippen LogP contribution in [0.3, 0.4) is 0 Å². The van der Waals surface area contributed by atoms with Gasteiger partial charge in [-0.05, 0) is 48.9 Å². The molecule has 4 heteroatoms. The van der Waals surface area contributed by atoms with E-state index in [1.54, 1.807) is 6.07 Å². The van der Waals surface area contributed by atoms with Gasteiger partial charge in [0, 0.05) is 14.6 Å². The quantitative estimate of drug-likeness (QED) is 0.800. The second-order valence-electron chi connectivity index (χ2n) is 3.89. The van der Waals surface area contributed by atoms with Gasteiger partial charge in [0.05, 0.1) is 11.3 Å². The van der Waals surface area contributed by atoms with Crippen LogP contribution in [0.2, 0.25) is 0 Å². The van der Waals surface area contributed by atoms with Crippen LogP contribution < -0.4 is 5.32 Å². The third-order valence-corrected chi connectivity index (χ3v) is 3.92. The van der Waals surface area contributed by atoms with Crippen LogP contribution in [-0.4, -0.2) is 0 Å². The maximum absolute atomic E-state index is 9.07. The molecule has 0 aliphatic heterocycles. The predicted molar refractivity (Wildman–Crippen MR) is 81.0 cm³/mol. The van der Waals surface area contributed by atoms with E-state index in [0.717, 1.165) is 25.9 Å².